The van der Waals surface area contributed by atoms with Crippen LogP contribution in [0.5, 0.6) is 0 Å². The maximum atomic E-state index is 3.75. The molecule has 114 valence electrons. The lowest BCUT2D eigenvalue weighted by molar-refractivity contribution is 0.0347. The lowest BCUT2D eigenvalue weighted by Gasteiger charge is -2.49. The molecule has 1 fully saturated rings. The topological polar surface area (TPSA) is 15.3 Å². The molecule has 19 heavy (non-hydrogen) atoms. The first-order valence-corrected chi connectivity index (χ1v) is 8.26. The number of hydrogen-bond acceptors (Lipinski definition) is 2. The minimum atomic E-state index is 0.312. The van der Waals surface area contributed by atoms with E-state index >= 15 is 0 Å². The maximum absolute atomic E-state index is 3.75. The highest BCUT2D eigenvalue weighted by Crippen LogP contribution is 2.27. The summed E-state index contributed by atoms with van der Waals surface area (Å²) in [6.07, 6.45) is 6.90. The van der Waals surface area contributed by atoms with Gasteiger partial charge < -0.3 is 5.32 Å². The van der Waals surface area contributed by atoms with Crippen LogP contribution >= 0.6 is 0 Å². The van der Waals surface area contributed by atoms with E-state index in [-0.39, 0.29) is 0 Å². The van der Waals surface area contributed by atoms with Crippen molar-refractivity contribution < 1.29 is 0 Å². The van der Waals surface area contributed by atoms with E-state index in [0.29, 0.717) is 17.0 Å². The molecule has 0 amide bonds. The Labute approximate surface area is 121 Å². The third-order valence-electron chi connectivity index (χ3n) is 4.62. The Kier molecular flexibility index (Phi) is 6.32. The summed E-state index contributed by atoms with van der Waals surface area (Å²) < 4.78 is 0. The fourth-order valence-corrected chi connectivity index (χ4v) is 2.90. The first kappa shape index (κ1) is 17.0. The first-order valence-electron chi connectivity index (χ1n) is 8.26. The zero-order chi connectivity index (χ0) is 14.5. The van der Waals surface area contributed by atoms with Gasteiger partial charge in [0, 0.05) is 24.7 Å². The molecule has 2 nitrogen and oxygen atoms in total. The van der Waals surface area contributed by atoms with Crippen molar-refractivity contribution in [2.24, 2.45) is 5.41 Å². The highest BCUT2D eigenvalue weighted by Gasteiger charge is 2.37. The Morgan fingerprint density at radius 2 is 1.74 bits per heavy atom. The molecule has 1 atom stereocenters. The maximum Gasteiger partial charge on any atom is 0.0278 e. The van der Waals surface area contributed by atoms with Gasteiger partial charge in [0.1, 0.15) is 0 Å². The lowest BCUT2D eigenvalue weighted by atomic mass is 9.82. The van der Waals surface area contributed by atoms with E-state index in [1.807, 2.05) is 0 Å². The molecule has 1 saturated heterocycles. The molecule has 2 heteroatoms. The van der Waals surface area contributed by atoms with Crippen LogP contribution in [-0.4, -0.2) is 36.1 Å². The summed E-state index contributed by atoms with van der Waals surface area (Å²) in [4.78, 5) is 2.71. The van der Waals surface area contributed by atoms with E-state index in [4.69, 9.17) is 0 Å². The van der Waals surface area contributed by atoms with E-state index in [0.717, 1.165) is 6.54 Å². The van der Waals surface area contributed by atoms with Gasteiger partial charge in [-0.15, -0.1) is 0 Å². The monoisotopic (exact) mass is 268 g/mol. The third-order valence-corrected chi connectivity index (χ3v) is 4.62. The normalized spacial score (nSPS) is 24.6. The molecule has 1 heterocycles. The van der Waals surface area contributed by atoms with Gasteiger partial charge >= 0.3 is 0 Å². The number of rotatable bonds is 6. The zero-order valence-electron chi connectivity index (χ0n) is 14.2. The van der Waals surface area contributed by atoms with Gasteiger partial charge in [-0.25, -0.2) is 0 Å². The summed E-state index contributed by atoms with van der Waals surface area (Å²) in [5, 5.41) is 3.75. The van der Waals surface area contributed by atoms with Crippen molar-refractivity contribution in [1.29, 1.82) is 0 Å². The van der Waals surface area contributed by atoms with Crippen molar-refractivity contribution in [3.8, 4) is 0 Å². The lowest BCUT2D eigenvalue weighted by Crippen LogP contribution is -2.64. The fraction of sp³-hybridized carbons (Fsp3) is 1.00. The van der Waals surface area contributed by atoms with Gasteiger partial charge in [-0.05, 0) is 32.2 Å². The summed E-state index contributed by atoms with van der Waals surface area (Å²) >= 11 is 0. The van der Waals surface area contributed by atoms with E-state index in [1.165, 1.54) is 45.2 Å². The second-order valence-electron chi connectivity index (χ2n) is 7.97. The summed E-state index contributed by atoms with van der Waals surface area (Å²) in [5.41, 5.74) is 0.670. The molecule has 0 radical (unpaired) electrons. The van der Waals surface area contributed by atoms with Crippen LogP contribution in [-0.2, 0) is 0 Å². The molecule has 0 aliphatic carbocycles. The highest BCUT2D eigenvalue weighted by atomic mass is 15.3. The molecule has 1 N–H and O–H groups in total. The average molecular weight is 268 g/mol. The Balaban J connectivity index is 2.43. The SMILES string of the molecule is CCCCCCCN1CC(C(C)(C)C)NCC1(C)C. The minimum absolute atomic E-state index is 0.312. The fourth-order valence-electron chi connectivity index (χ4n) is 2.90. The standard InChI is InChI=1S/C17H36N2/c1-7-8-9-10-11-12-19-13-15(16(2,3)4)18-14-17(19,5)6/h15,18H,7-14H2,1-6H3. The second kappa shape index (κ2) is 7.08. The van der Waals surface area contributed by atoms with Crippen LogP contribution in [0.4, 0.5) is 0 Å². The highest BCUT2D eigenvalue weighted by molar-refractivity contribution is 4.96. The van der Waals surface area contributed by atoms with E-state index in [2.05, 4.69) is 51.8 Å². The van der Waals surface area contributed by atoms with Gasteiger partial charge in [-0.1, -0.05) is 53.4 Å². The Morgan fingerprint density at radius 3 is 2.32 bits per heavy atom. The molecule has 1 aliphatic heterocycles. The van der Waals surface area contributed by atoms with Gasteiger partial charge in [0.25, 0.3) is 0 Å². The van der Waals surface area contributed by atoms with E-state index < -0.39 is 0 Å². The van der Waals surface area contributed by atoms with Crippen LogP contribution in [0.2, 0.25) is 0 Å². The largest absolute Gasteiger partial charge is 0.310 e. The minimum Gasteiger partial charge on any atom is -0.310 e. The van der Waals surface area contributed by atoms with Gasteiger partial charge in [0.15, 0.2) is 0 Å². The van der Waals surface area contributed by atoms with Crippen LogP contribution in [0.25, 0.3) is 0 Å². The van der Waals surface area contributed by atoms with Gasteiger partial charge in [0.2, 0.25) is 0 Å². The predicted molar refractivity (Wildman–Crippen MR) is 85.7 cm³/mol. The number of hydrogen-bond donors (Lipinski definition) is 1. The molecular formula is C17H36N2. The molecule has 1 aliphatic rings. The molecule has 1 rings (SSSR count). The van der Waals surface area contributed by atoms with Gasteiger partial charge in [0.05, 0.1) is 0 Å². The Morgan fingerprint density at radius 1 is 1.11 bits per heavy atom. The summed E-state index contributed by atoms with van der Waals surface area (Å²) in [6.45, 7) is 17.7. The number of nitrogens with zero attached hydrogens (tertiary/aromatic N) is 1. The van der Waals surface area contributed by atoms with Crippen molar-refractivity contribution in [3.63, 3.8) is 0 Å². The molecular weight excluding hydrogens is 232 g/mol. The molecule has 0 bridgehead atoms. The van der Waals surface area contributed by atoms with Crippen LogP contribution in [0.1, 0.15) is 73.6 Å². The predicted octanol–water partition coefficient (Wildman–Crippen LogP) is 4.06. The van der Waals surface area contributed by atoms with Crippen molar-refractivity contribution in [1.82, 2.24) is 10.2 Å². The average Bonchev–Trinajstić information content (AvgIpc) is 2.29. The Bertz CT molecular complexity index is 252. The summed E-state index contributed by atoms with van der Waals surface area (Å²) in [7, 11) is 0. The van der Waals surface area contributed by atoms with Crippen LogP contribution in [0.15, 0.2) is 0 Å². The first-order chi connectivity index (χ1) is 8.77. The van der Waals surface area contributed by atoms with Crippen LogP contribution < -0.4 is 5.32 Å². The summed E-state index contributed by atoms with van der Waals surface area (Å²) in [6, 6.07) is 0.621. The van der Waals surface area contributed by atoms with Crippen molar-refractivity contribution >= 4 is 0 Å². The number of piperazine rings is 1. The third kappa shape index (κ3) is 5.43. The molecule has 0 saturated carbocycles. The van der Waals surface area contributed by atoms with E-state index in [9.17, 15) is 0 Å². The molecule has 0 aromatic heterocycles. The van der Waals surface area contributed by atoms with Crippen molar-refractivity contribution in [2.75, 3.05) is 19.6 Å². The van der Waals surface area contributed by atoms with Crippen molar-refractivity contribution in [3.05, 3.63) is 0 Å². The smallest absolute Gasteiger partial charge is 0.0278 e. The van der Waals surface area contributed by atoms with Gasteiger partial charge in [-0.3, -0.25) is 4.90 Å². The second-order valence-corrected chi connectivity index (χ2v) is 7.97. The zero-order valence-corrected chi connectivity index (χ0v) is 14.2. The van der Waals surface area contributed by atoms with Crippen molar-refractivity contribution in [2.45, 2.75) is 85.2 Å². The van der Waals surface area contributed by atoms with Gasteiger partial charge in [-0.2, -0.15) is 0 Å². The molecule has 0 spiro atoms. The van der Waals surface area contributed by atoms with Crippen LogP contribution in [0.3, 0.4) is 0 Å². The van der Waals surface area contributed by atoms with Crippen LogP contribution in [0, 0.1) is 5.41 Å². The molecule has 0 aromatic carbocycles. The number of nitrogens with one attached hydrogen (secondary N) is 1. The van der Waals surface area contributed by atoms with E-state index in [1.54, 1.807) is 0 Å². The molecule has 1 unspecified atom stereocenters. The summed E-state index contributed by atoms with van der Waals surface area (Å²) in [5.74, 6) is 0. The quantitative estimate of drug-likeness (QED) is 0.731. The Hall–Kier alpha value is -0.0800. The number of unbranched alkanes of at least 4 members (excludes halogenated alkanes) is 4. The molecule has 0 aromatic rings.